The van der Waals surface area contributed by atoms with Crippen molar-refractivity contribution in [2.24, 2.45) is 0 Å². The molecule has 1 aromatic rings. The third-order valence-corrected chi connectivity index (χ3v) is 5.51. The molecule has 2 N–H and O–H groups in total. The molecule has 0 aliphatic carbocycles. The molecule has 8 heteroatoms. The summed E-state index contributed by atoms with van der Waals surface area (Å²) in [4.78, 5) is 0. The van der Waals surface area contributed by atoms with Gasteiger partial charge in [-0.25, -0.2) is 4.39 Å². The van der Waals surface area contributed by atoms with E-state index in [-0.39, 0.29) is 12.3 Å². The summed E-state index contributed by atoms with van der Waals surface area (Å²) in [7, 11) is -3.89. The van der Waals surface area contributed by atoms with Crippen molar-refractivity contribution in [2.75, 3.05) is 17.9 Å². The first kappa shape index (κ1) is 15.7. The van der Waals surface area contributed by atoms with Gasteiger partial charge in [-0.15, -0.1) is 0 Å². The minimum absolute atomic E-state index is 0.116. The Morgan fingerprint density at radius 1 is 1.45 bits per heavy atom. The van der Waals surface area contributed by atoms with Crippen LogP contribution in [0.5, 0.6) is 0 Å². The Kier molecular flexibility index (Phi) is 5.00. The van der Waals surface area contributed by atoms with Gasteiger partial charge in [-0.2, -0.15) is 12.7 Å². The third kappa shape index (κ3) is 3.30. The number of rotatable bonds is 4. The number of halogens is 2. The fraction of sp³-hybridized carbons (Fsp3) is 0.500. The van der Waals surface area contributed by atoms with E-state index in [0.717, 1.165) is 12.8 Å². The van der Waals surface area contributed by atoms with Gasteiger partial charge in [0.15, 0.2) is 0 Å². The van der Waals surface area contributed by atoms with E-state index < -0.39 is 22.1 Å². The second-order valence-electron chi connectivity index (χ2n) is 4.65. The standard InChI is InChI=1S/C12H16BrFN2O3S/c13-10-5-3-6-11(14)12(10)15-20(18,19)16-7-2-1-4-9(16)8-17/h3,5-6,9,15,17H,1-2,4,7-8H2. The summed E-state index contributed by atoms with van der Waals surface area (Å²) in [5.74, 6) is -0.652. The molecule has 1 atom stereocenters. The number of aliphatic hydroxyl groups is 1. The molecule has 1 heterocycles. The summed E-state index contributed by atoms with van der Waals surface area (Å²) >= 11 is 3.12. The molecule has 0 bridgehead atoms. The van der Waals surface area contributed by atoms with Gasteiger partial charge in [0.2, 0.25) is 0 Å². The predicted octanol–water partition coefficient (Wildman–Crippen LogP) is 2.09. The quantitative estimate of drug-likeness (QED) is 0.856. The smallest absolute Gasteiger partial charge is 0.302 e. The number of para-hydroxylation sites is 1. The largest absolute Gasteiger partial charge is 0.395 e. The molecule has 1 aliphatic heterocycles. The normalized spacial score (nSPS) is 20.9. The number of hydrogen-bond acceptors (Lipinski definition) is 3. The van der Waals surface area contributed by atoms with E-state index >= 15 is 0 Å². The zero-order valence-electron chi connectivity index (χ0n) is 10.7. The minimum atomic E-state index is -3.89. The number of piperidine rings is 1. The van der Waals surface area contributed by atoms with Crippen LogP contribution < -0.4 is 4.72 Å². The Hall–Kier alpha value is -0.700. The van der Waals surface area contributed by atoms with Gasteiger partial charge >= 0.3 is 10.2 Å². The Morgan fingerprint density at radius 2 is 2.20 bits per heavy atom. The third-order valence-electron chi connectivity index (χ3n) is 3.29. The van der Waals surface area contributed by atoms with Crippen molar-refractivity contribution in [3.8, 4) is 0 Å². The van der Waals surface area contributed by atoms with Crippen molar-refractivity contribution < 1.29 is 17.9 Å². The highest BCUT2D eigenvalue weighted by Crippen LogP contribution is 2.28. The monoisotopic (exact) mass is 366 g/mol. The number of hydrogen-bond donors (Lipinski definition) is 2. The molecule has 0 amide bonds. The molecule has 0 radical (unpaired) electrons. The lowest BCUT2D eigenvalue weighted by Gasteiger charge is -2.33. The molecule has 1 saturated heterocycles. The number of nitrogens with zero attached hydrogens (tertiary/aromatic N) is 1. The summed E-state index contributed by atoms with van der Waals surface area (Å²) in [6.45, 7) is 0.0893. The van der Waals surface area contributed by atoms with Crippen LogP contribution in [-0.2, 0) is 10.2 Å². The Morgan fingerprint density at radius 3 is 2.85 bits per heavy atom. The van der Waals surface area contributed by atoms with Crippen LogP contribution in [0.25, 0.3) is 0 Å². The van der Waals surface area contributed by atoms with E-state index in [1.165, 1.54) is 16.4 Å². The van der Waals surface area contributed by atoms with Crippen LogP contribution >= 0.6 is 15.9 Å². The molecule has 1 aromatic carbocycles. The van der Waals surface area contributed by atoms with Crippen molar-refractivity contribution in [1.29, 1.82) is 0 Å². The molecule has 0 spiro atoms. The molecule has 0 aromatic heterocycles. The fourth-order valence-electron chi connectivity index (χ4n) is 2.26. The van der Waals surface area contributed by atoms with Crippen LogP contribution in [0, 0.1) is 5.82 Å². The molecule has 0 saturated carbocycles. The lowest BCUT2D eigenvalue weighted by atomic mass is 10.1. The predicted molar refractivity (Wildman–Crippen MR) is 78.1 cm³/mol. The first-order valence-corrected chi connectivity index (χ1v) is 8.53. The van der Waals surface area contributed by atoms with Gasteiger partial charge in [0.1, 0.15) is 5.82 Å². The molecule has 1 aliphatic rings. The van der Waals surface area contributed by atoms with Gasteiger partial charge in [0, 0.05) is 17.1 Å². The summed E-state index contributed by atoms with van der Waals surface area (Å²) in [6.07, 6.45) is 2.21. The molecule has 1 unspecified atom stereocenters. The summed E-state index contributed by atoms with van der Waals surface area (Å²) in [5, 5.41) is 9.28. The van der Waals surface area contributed by atoms with Crippen molar-refractivity contribution in [2.45, 2.75) is 25.3 Å². The van der Waals surface area contributed by atoms with Crippen molar-refractivity contribution in [3.63, 3.8) is 0 Å². The maximum absolute atomic E-state index is 13.7. The maximum Gasteiger partial charge on any atom is 0.302 e. The summed E-state index contributed by atoms with van der Waals surface area (Å²) < 4.78 is 42.2. The number of nitrogens with one attached hydrogen (secondary N) is 1. The topological polar surface area (TPSA) is 69.6 Å². The van der Waals surface area contributed by atoms with Crippen LogP contribution in [0.1, 0.15) is 19.3 Å². The van der Waals surface area contributed by atoms with Gasteiger partial charge in [-0.1, -0.05) is 12.5 Å². The number of anilines is 1. The van der Waals surface area contributed by atoms with Gasteiger partial charge in [0.25, 0.3) is 0 Å². The highest BCUT2D eigenvalue weighted by Gasteiger charge is 2.32. The molecular weight excluding hydrogens is 351 g/mol. The Balaban J connectivity index is 2.26. The number of benzene rings is 1. The molecular formula is C12H16BrFN2O3S. The molecule has 112 valence electrons. The average molecular weight is 367 g/mol. The van der Waals surface area contributed by atoms with E-state index in [0.29, 0.717) is 17.4 Å². The first-order chi connectivity index (χ1) is 9.45. The second kappa shape index (κ2) is 6.38. The Labute approximate surface area is 126 Å². The van der Waals surface area contributed by atoms with Crippen molar-refractivity contribution >= 4 is 31.8 Å². The van der Waals surface area contributed by atoms with Crippen molar-refractivity contribution in [3.05, 3.63) is 28.5 Å². The van der Waals surface area contributed by atoms with E-state index in [1.54, 1.807) is 6.07 Å². The first-order valence-electron chi connectivity index (χ1n) is 6.30. The average Bonchev–Trinajstić information content (AvgIpc) is 2.43. The van der Waals surface area contributed by atoms with Gasteiger partial charge in [-0.3, -0.25) is 4.72 Å². The van der Waals surface area contributed by atoms with Gasteiger partial charge in [-0.05, 0) is 40.9 Å². The Bertz CT molecular complexity index is 562. The van der Waals surface area contributed by atoms with E-state index in [2.05, 4.69) is 20.7 Å². The van der Waals surface area contributed by atoms with Gasteiger partial charge < -0.3 is 5.11 Å². The zero-order valence-corrected chi connectivity index (χ0v) is 13.1. The highest BCUT2D eigenvalue weighted by atomic mass is 79.9. The summed E-state index contributed by atoms with van der Waals surface area (Å²) in [6, 6.07) is 3.77. The SMILES string of the molecule is O=S(=O)(Nc1c(F)cccc1Br)N1CCCCC1CO. The molecule has 1 fully saturated rings. The lowest BCUT2D eigenvalue weighted by Crippen LogP contribution is -2.48. The van der Waals surface area contributed by atoms with Crippen molar-refractivity contribution in [1.82, 2.24) is 4.31 Å². The number of aliphatic hydroxyl groups excluding tert-OH is 1. The van der Waals surface area contributed by atoms with Crippen LogP contribution in [0.15, 0.2) is 22.7 Å². The fourth-order valence-corrected chi connectivity index (χ4v) is 4.34. The van der Waals surface area contributed by atoms with E-state index in [1.807, 2.05) is 0 Å². The minimum Gasteiger partial charge on any atom is -0.395 e. The van der Waals surface area contributed by atoms with Crippen LogP contribution in [0.2, 0.25) is 0 Å². The molecule has 20 heavy (non-hydrogen) atoms. The second-order valence-corrected chi connectivity index (χ2v) is 7.12. The highest BCUT2D eigenvalue weighted by molar-refractivity contribution is 9.10. The van der Waals surface area contributed by atoms with E-state index in [9.17, 15) is 17.9 Å². The van der Waals surface area contributed by atoms with Crippen LogP contribution in [0.3, 0.4) is 0 Å². The lowest BCUT2D eigenvalue weighted by molar-refractivity contribution is 0.156. The van der Waals surface area contributed by atoms with Gasteiger partial charge in [0.05, 0.1) is 12.3 Å². The maximum atomic E-state index is 13.7. The summed E-state index contributed by atoms with van der Waals surface area (Å²) in [5.41, 5.74) is -0.116. The van der Waals surface area contributed by atoms with Crippen LogP contribution in [-0.4, -0.2) is 37.0 Å². The van der Waals surface area contributed by atoms with E-state index in [4.69, 9.17) is 0 Å². The zero-order chi connectivity index (χ0) is 14.8. The molecule has 2 rings (SSSR count). The molecule has 5 nitrogen and oxygen atoms in total. The van der Waals surface area contributed by atoms with Crippen LogP contribution in [0.4, 0.5) is 10.1 Å².